The Labute approximate surface area is 156 Å². The third kappa shape index (κ3) is 4.15. The quantitative estimate of drug-likeness (QED) is 0.645. The summed E-state index contributed by atoms with van der Waals surface area (Å²) < 4.78 is 5.68. The Morgan fingerprint density at radius 3 is 2.56 bits per heavy atom. The lowest BCUT2D eigenvalue weighted by atomic mass is 10.2. The van der Waals surface area contributed by atoms with Gasteiger partial charge in [-0.3, -0.25) is 14.9 Å². The van der Waals surface area contributed by atoms with Crippen LogP contribution in [-0.4, -0.2) is 16.8 Å². The highest BCUT2D eigenvalue weighted by Crippen LogP contribution is 2.22. The van der Waals surface area contributed by atoms with Crippen molar-refractivity contribution in [1.29, 1.82) is 0 Å². The molecule has 2 amide bonds. The van der Waals surface area contributed by atoms with Gasteiger partial charge < -0.3 is 9.73 Å². The number of anilines is 2. The first-order chi connectivity index (χ1) is 11.9. The van der Waals surface area contributed by atoms with Crippen LogP contribution >= 0.6 is 27.3 Å². The van der Waals surface area contributed by atoms with E-state index in [0.717, 1.165) is 10.6 Å². The maximum absolute atomic E-state index is 12.4. The van der Waals surface area contributed by atoms with Gasteiger partial charge >= 0.3 is 0 Å². The van der Waals surface area contributed by atoms with Crippen LogP contribution in [0.5, 0.6) is 0 Å². The van der Waals surface area contributed by atoms with Crippen LogP contribution in [-0.2, 0) is 0 Å². The van der Waals surface area contributed by atoms with Crippen molar-refractivity contribution in [3.05, 3.63) is 63.0 Å². The maximum Gasteiger partial charge on any atom is 0.291 e. The number of carbonyl (C=O) groups is 2. The molecule has 3 rings (SSSR count). The summed E-state index contributed by atoms with van der Waals surface area (Å²) in [6.45, 7) is 3.84. The van der Waals surface area contributed by atoms with E-state index in [1.54, 1.807) is 36.4 Å². The summed E-state index contributed by atoms with van der Waals surface area (Å²) in [7, 11) is 0. The fourth-order valence-electron chi connectivity index (χ4n) is 2.06. The molecule has 2 N–H and O–H groups in total. The lowest BCUT2D eigenvalue weighted by Crippen LogP contribution is -2.14. The van der Waals surface area contributed by atoms with E-state index in [4.69, 9.17) is 4.42 Å². The minimum atomic E-state index is -0.394. The highest BCUT2D eigenvalue weighted by molar-refractivity contribution is 9.10. The van der Waals surface area contributed by atoms with Crippen LogP contribution < -0.4 is 10.6 Å². The smallest absolute Gasteiger partial charge is 0.291 e. The molecule has 0 unspecified atom stereocenters. The predicted molar refractivity (Wildman–Crippen MR) is 100 cm³/mol. The van der Waals surface area contributed by atoms with Crippen molar-refractivity contribution < 1.29 is 14.0 Å². The Hall–Kier alpha value is -2.45. The largest absolute Gasteiger partial charge is 0.444 e. The van der Waals surface area contributed by atoms with Crippen LogP contribution in [0.25, 0.3) is 0 Å². The zero-order valence-electron chi connectivity index (χ0n) is 13.4. The Morgan fingerprint density at radius 2 is 1.92 bits per heavy atom. The molecule has 3 aromatic rings. The number of nitrogens with one attached hydrogen (secondary N) is 2. The molecule has 0 aliphatic rings. The average molecular weight is 420 g/mol. The van der Waals surface area contributed by atoms with E-state index in [1.807, 2.05) is 13.8 Å². The number of nitrogens with zero attached hydrogens (tertiary/aromatic N) is 1. The molecule has 0 saturated heterocycles. The van der Waals surface area contributed by atoms with Crippen molar-refractivity contribution >= 4 is 49.9 Å². The van der Waals surface area contributed by atoms with Gasteiger partial charge in [0.1, 0.15) is 0 Å². The lowest BCUT2D eigenvalue weighted by molar-refractivity contribution is 0.0992. The van der Waals surface area contributed by atoms with Crippen molar-refractivity contribution in [2.24, 2.45) is 0 Å². The number of furan rings is 1. The van der Waals surface area contributed by atoms with Crippen LogP contribution in [0.15, 0.2) is 45.5 Å². The van der Waals surface area contributed by atoms with Gasteiger partial charge in [-0.25, -0.2) is 4.98 Å². The van der Waals surface area contributed by atoms with Crippen LogP contribution in [0.3, 0.4) is 0 Å². The molecule has 0 bridgehead atoms. The number of halogens is 1. The van der Waals surface area contributed by atoms with Crippen molar-refractivity contribution in [3.63, 3.8) is 0 Å². The summed E-state index contributed by atoms with van der Waals surface area (Å²) in [5, 5.41) is 6.01. The molecule has 0 saturated carbocycles. The van der Waals surface area contributed by atoms with Crippen LogP contribution in [0.2, 0.25) is 0 Å². The number of aromatic nitrogens is 1. The summed E-state index contributed by atoms with van der Waals surface area (Å²) in [4.78, 5) is 29.8. The van der Waals surface area contributed by atoms with Gasteiger partial charge in [0.25, 0.3) is 11.8 Å². The summed E-state index contributed by atoms with van der Waals surface area (Å²) in [5.74, 6) is -0.504. The van der Waals surface area contributed by atoms with Gasteiger partial charge in [0, 0.05) is 16.1 Å². The average Bonchev–Trinajstić information content (AvgIpc) is 3.13. The van der Waals surface area contributed by atoms with Gasteiger partial charge in [0.15, 0.2) is 15.6 Å². The molecule has 1 aromatic carbocycles. The molecule has 128 valence electrons. The van der Waals surface area contributed by atoms with Gasteiger partial charge in [-0.2, -0.15) is 0 Å². The SMILES string of the molecule is Cc1nc(NC(=O)c2cccc(NC(=O)c3ccc(Br)o3)c2)sc1C. The van der Waals surface area contributed by atoms with E-state index < -0.39 is 5.91 Å². The zero-order chi connectivity index (χ0) is 18.0. The molecule has 0 aliphatic carbocycles. The molecule has 6 nitrogen and oxygen atoms in total. The molecule has 0 atom stereocenters. The summed E-state index contributed by atoms with van der Waals surface area (Å²) in [5.41, 5.74) is 1.81. The summed E-state index contributed by atoms with van der Waals surface area (Å²) in [6, 6.07) is 9.85. The molecular weight excluding hydrogens is 406 g/mol. The fraction of sp³-hybridized carbons (Fsp3) is 0.118. The van der Waals surface area contributed by atoms with Gasteiger partial charge in [-0.1, -0.05) is 6.07 Å². The summed E-state index contributed by atoms with van der Waals surface area (Å²) in [6.07, 6.45) is 0. The number of carbonyl (C=O) groups excluding carboxylic acids is 2. The maximum atomic E-state index is 12.4. The number of benzene rings is 1. The van der Waals surface area contributed by atoms with Crippen LogP contribution in [0.4, 0.5) is 10.8 Å². The van der Waals surface area contributed by atoms with E-state index in [-0.39, 0.29) is 11.7 Å². The first-order valence-corrected chi connectivity index (χ1v) is 8.95. The molecular formula is C17H14BrN3O3S. The van der Waals surface area contributed by atoms with Gasteiger partial charge in [-0.15, -0.1) is 11.3 Å². The second-order valence-electron chi connectivity index (χ2n) is 5.25. The highest BCUT2D eigenvalue weighted by atomic mass is 79.9. The molecule has 0 aliphatic heterocycles. The Kier molecular flexibility index (Phi) is 5.00. The summed E-state index contributed by atoms with van der Waals surface area (Å²) >= 11 is 4.57. The molecule has 0 fully saturated rings. The first-order valence-electron chi connectivity index (χ1n) is 7.34. The third-order valence-corrected chi connectivity index (χ3v) is 4.84. The fourth-order valence-corrected chi connectivity index (χ4v) is 3.18. The Bertz CT molecular complexity index is 929. The minimum Gasteiger partial charge on any atom is -0.444 e. The zero-order valence-corrected chi connectivity index (χ0v) is 15.8. The lowest BCUT2D eigenvalue weighted by Gasteiger charge is -2.06. The standard InChI is InChI=1S/C17H14BrN3O3S/c1-9-10(2)25-17(19-9)21-15(22)11-4-3-5-12(8-11)20-16(23)13-6-7-14(18)24-13/h3-8H,1-2H3,(H,20,23)(H,19,21,22). The van der Waals surface area contributed by atoms with E-state index in [0.29, 0.717) is 21.1 Å². The number of thiazole rings is 1. The van der Waals surface area contributed by atoms with Crippen molar-refractivity contribution in [2.45, 2.75) is 13.8 Å². The second-order valence-corrected chi connectivity index (χ2v) is 7.24. The molecule has 2 heterocycles. The number of hydrogen-bond donors (Lipinski definition) is 2. The normalized spacial score (nSPS) is 10.5. The van der Waals surface area contributed by atoms with E-state index in [1.165, 1.54) is 11.3 Å². The third-order valence-electron chi connectivity index (χ3n) is 3.43. The van der Waals surface area contributed by atoms with Crippen molar-refractivity contribution in [1.82, 2.24) is 4.98 Å². The second kappa shape index (κ2) is 7.20. The van der Waals surface area contributed by atoms with Gasteiger partial charge in [0.05, 0.1) is 5.69 Å². The van der Waals surface area contributed by atoms with E-state index >= 15 is 0 Å². The van der Waals surface area contributed by atoms with Crippen LogP contribution in [0, 0.1) is 13.8 Å². The highest BCUT2D eigenvalue weighted by Gasteiger charge is 2.13. The number of hydrogen-bond acceptors (Lipinski definition) is 5. The van der Waals surface area contributed by atoms with Gasteiger partial charge in [0.2, 0.25) is 0 Å². The molecule has 25 heavy (non-hydrogen) atoms. The monoisotopic (exact) mass is 419 g/mol. The number of aryl methyl sites for hydroxylation is 2. The number of amides is 2. The van der Waals surface area contributed by atoms with E-state index in [2.05, 4.69) is 31.5 Å². The Morgan fingerprint density at radius 1 is 1.12 bits per heavy atom. The minimum absolute atomic E-state index is 0.176. The molecule has 0 radical (unpaired) electrons. The van der Waals surface area contributed by atoms with E-state index in [9.17, 15) is 9.59 Å². The molecule has 0 spiro atoms. The van der Waals surface area contributed by atoms with Crippen molar-refractivity contribution in [3.8, 4) is 0 Å². The Balaban J connectivity index is 1.72. The predicted octanol–water partition coefficient (Wildman–Crippen LogP) is 4.62. The topological polar surface area (TPSA) is 84.2 Å². The molecule has 2 aromatic heterocycles. The van der Waals surface area contributed by atoms with Crippen molar-refractivity contribution in [2.75, 3.05) is 10.6 Å². The van der Waals surface area contributed by atoms with Gasteiger partial charge in [-0.05, 0) is 60.1 Å². The van der Waals surface area contributed by atoms with Crippen LogP contribution in [0.1, 0.15) is 31.5 Å². The molecule has 8 heteroatoms. The first kappa shape index (κ1) is 17.4. The number of rotatable bonds is 4.